The van der Waals surface area contributed by atoms with Gasteiger partial charge in [0.2, 0.25) is 0 Å². The number of carbonyl (C=O) groups is 1. The SMILES string of the molecule is C#CCN1C(=O)N=C(N)C1c1ccc(F)cc1Cl. The second-order valence-corrected chi connectivity index (χ2v) is 4.13. The third-order valence-electron chi connectivity index (χ3n) is 2.58. The summed E-state index contributed by atoms with van der Waals surface area (Å²) in [6.07, 6.45) is 5.19. The predicted octanol–water partition coefficient (Wildman–Crippen LogP) is 1.95. The van der Waals surface area contributed by atoms with E-state index >= 15 is 0 Å². The first kappa shape index (κ1) is 12.4. The fraction of sp³-hybridized carbons (Fsp3) is 0.167. The van der Waals surface area contributed by atoms with E-state index in [1.54, 1.807) is 0 Å². The molecule has 0 saturated heterocycles. The molecule has 1 atom stereocenters. The van der Waals surface area contributed by atoms with E-state index in [1.165, 1.54) is 17.0 Å². The summed E-state index contributed by atoms with van der Waals surface area (Å²) >= 11 is 5.95. The van der Waals surface area contributed by atoms with Gasteiger partial charge < -0.3 is 5.73 Å². The molecule has 0 radical (unpaired) electrons. The summed E-state index contributed by atoms with van der Waals surface area (Å²) < 4.78 is 13.0. The zero-order valence-corrected chi connectivity index (χ0v) is 9.99. The van der Waals surface area contributed by atoms with Crippen LogP contribution in [0.2, 0.25) is 5.02 Å². The number of urea groups is 1. The number of halogens is 2. The average Bonchev–Trinajstić information content (AvgIpc) is 2.56. The Balaban J connectivity index is 2.45. The fourth-order valence-electron chi connectivity index (χ4n) is 1.81. The Morgan fingerprint density at radius 1 is 1.61 bits per heavy atom. The molecule has 1 heterocycles. The number of carbonyl (C=O) groups excluding carboxylic acids is 1. The molecule has 92 valence electrons. The van der Waals surface area contributed by atoms with Gasteiger partial charge in [0.15, 0.2) is 0 Å². The van der Waals surface area contributed by atoms with Crippen LogP contribution >= 0.6 is 11.6 Å². The smallest absolute Gasteiger partial charge is 0.346 e. The van der Waals surface area contributed by atoms with Gasteiger partial charge >= 0.3 is 6.03 Å². The number of hydrogen-bond acceptors (Lipinski definition) is 2. The lowest BCUT2D eigenvalue weighted by Crippen LogP contribution is -2.33. The van der Waals surface area contributed by atoms with Gasteiger partial charge in [-0.3, -0.25) is 4.90 Å². The van der Waals surface area contributed by atoms with Crippen LogP contribution in [0.4, 0.5) is 9.18 Å². The first-order valence-electron chi connectivity index (χ1n) is 5.07. The lowest BCUT2D eigenvalue weighted by molar-refractivity contribution is 0.213. The van der Waals surface area contributed by atoms with Gasteiger partial charge in [-0.1, -0.05) is 23.6 Å². The molecule has 2 rings (SSSR count). The topological polar surface area (TPSA) is 58.7 Å². The molecule has 1 unspecified atom stereocenters. The van der Waals surface area contributed by atoms with Crippen LogP contribution < -0.4 is 5.73 Å². The Labute approximate surface area is 108 Å². The number of aliphatic imine (C=N–C) groups is 1. The molecule has 1 aliphatic heterocycles. The second kappa shape index (κ2) is 4.67. The number of rotatable bonds is 2. The first-order valence-corrected chi connectivity index (χ1v) is 5.45. The van der Waals surface area contributed by atoms with Crippen molar-refractivity contribution in [1.29, 1.82) is 0 Å². The maximum absolute atomic E-state index is 13.0. The van der Waals surface area contributed by atoms with E-state index in [4.69, 9.17) is 23.8 Å². The molecule has 0 saturated carbocycles. The highest BCUT2D eigenvalue weighted by Gasteiger charge is 2.35. The normalized spacial score (nSPS) is 18.7. The second-order valence-electron chi connectivity index (χ2n) is 3.72. The summed E-state index contributed by atoms with van der Waals surface area (Å²) in [6, 6.07) is 2.71. The van der Waals surface area contributed by atoms with E-state index in [2.05, 4.69) is 10.9 Å². The third kappa shape index (κ3) is 2.03. The van der Waals surface area contributed by atoms with Crippen molar-refractivity contribution >= 4 is 23.5 Å². The van der Waals surface area contributed by atoms with Crippen LogP contribution in [0.1, 0.15) is 11.6 Å². The minimum atomic E-state index is -0.637. The monoisotopic (exact) mass is 265 g/mol. The van der Waals surface area contributed by atoms with Gasteiger partial charge in [-0.25, -0.2) is 9.18 Å². The van der Waals surface area contributed by atoms with Crippen LogP contribution in [-0.4, -0.2) is 23.3 Å². The van der Waals surface area contributed by atoms with Crippen LogP contribution in [-0.2, 0) is 0 Å². The van der Waals surface area contributed by atoms with Gasteiger partial charge in [-0.05, 0) is 12.1 Å². The molecule has 1 aromatic rings. The summed E-state index contributed by atoms with van der Waals surface area (Å²) in [5.74, 6) is 1.99. The summed E-state index contributed by atoms with van der Waals surface area (Å²) in [7, 11) is 0. The van der Waals surface area contributed by atoms with Crippen LogP contribution in [0.3, 0.4) is 0 Å². The molecular weight excluding hydrogens is 257 g/mol. The molecule has 1 aromatic carbocycles. The van der Waals surface area contributed by atoms with Crippen molar-refractivity contribution in [3.05, 3.63) is 34.6 Å². The third-order valence-corrected chi connectivity index (χ3v) is 2.91. The summed E-state index contributed by atoms with van der Waals surface area (Å²) in [6.45, 7) is 0.0569. The molecule has 18 heavy (non-hydrogen) atoms. The van der Waals surface area contributed by atoms with E-state index in [0.29, 0.717) is 5.56 Å². The number of amides is 2. The van der Waals surface area contributed by atoms with Crippen molar-refractivity contribution in [3.63, 3.8) is 0 Å². The number of nitrogens with zero attached hydrogens (tertiary/aromatic N) is 2. The van der Waals surface area contributed by atoms with Crippen molar-refractivity contribution in [2.45, 2.75) is 6.04 Å². The highest BCUT2D eigenvalue weighted by Crippen LogP contribution is 2.31. The van der Waals surface area contributed by atoms with E-state index in [1.807, 2.05) is 0 Å². The lowest BCUT2D eigenvalue weighted by atomic mass is 10.1. The van der Waals surface area contributed by atoms with Gasteiger partial charge in [0.1, 0.15) is 17.7 Å². The van der Waals surface area contributed by atoms with Crippen LogP contribution in [0, 0.1) is 18.2 Å². The molecular formula is C12H9ClFN3O. The molecule has 0 spiro atoms. The minimum Gasteiger partial charge on any atom is -0.385 e. The summed E-state index contributed by atoms with van der Waals surface area (Å²) in [5.41, 5.74) is 6.20. The number of hydrogen-bond donors (Lipinski definition) is 1. The van der Waals surface area contributed by atoms with E-state index in [-0.39, 0.29) is 17.4 Å². The molecule has 4 nitrogen and oxygen atoms in total. The van der Waals surface area contributed by atoms with E-state index in [0.717, 1.165) is 6.07 Å². The molecule has 6 heteroatoms. The molecule has 0 bridgehead atoms. The van der Waals surface area contributed by atoms with Gasteiger partial charge in [-0.2, -0.15) is 4.99 Å². The average molecular weight is 266 g/mol. The molecule has 0 aromatic heterocycles. The Bertz CT molecular complexity index is 579. The number of amidine groups is 1. The maximum Gasteiger partial charge on any atom is 0.346 e. The Morgan fingerprint density at radius 3 is 2.94 bits per heavy atom. The molecule has 0 aliphatic carbocycles. The lowest BCUT2D eigenvalue weighted by Gasteiger charge is -2.23. The number of nitrogens with two attached hydrogens (primary N) is 1. The molecule has 2 N–H and O–H groups in total. The Kier molecular flexibility index (Phi) is 3.21. The van der Waals surface area contributed by atoms with Gasteiger partial charge in [0.25, 0.3) is 0 Å². The van der Waals surface area contributed by atoms with Gasteiger partial charge in [0.05, 0.1) is 6.54 Å². The molecule has 1 aliphatic rings. The summed E-state index contributed by atoms with van der Waals surface area (Å²) in [4.78, 5) is 16.5. The fourth-order valence-corrected chi connectivity index (χ4v) is 2.08. The van der Waals surface area contributed by atoms with E-state index < -0.39 is 17.9 Å². The van der Waals surface area contributed by atoms with Crippen LogP contribution in [0.15, 0.2) is 23.2 Å². The Hall–Kier alpha value is -2.06. The van der Waals surface area contributed by atoms with Crippen molar-refractivity contribution < 1.29 is 9.18 Å². The zero-order valence-electron chi connectivity index (χ0n) is 9.23. The van der Waals surface area contributed by atoms with Crippen molar-refractivity contribution in [1.82, 2.24) is 4.90 Å². The first-order chi connectivity index (χ1) is 8.54. The highest BCUT2D eigenvalue weighted by atomic mass is 35.5. The van der Waals surface area contributed by atoms with Gasteiger partial charge in [0, 0.05) is 10.6 Å². The van der Waals surface area contributed by atoms with E-state index in [9.17, 15) is 9.18 Å². The maximum atomic E-state index is 13.0. The van der Waals surface area contributed by atoms with Crippen molar-refractivity contribution in [2.24, 2.45) is 10.7 Å². The molecule has 2 amide bonds. The minimum absolute atomic E-state index is 0.0569. The highest BCUT2D eigenvalue weighted by molar-refractivity contribution is 6.31. The predicted molar refractivity (Wildman–Crippen MR) is 66.7 cm³/mol. The largest absolute Gasteiger partial charge is 0.385 e. The van der Waals surface area contributed by atoms with Gasteiger partial charge in [-0.15, -0.1) is 6.42 Å². The van der Waals surface area contributed by atoms with Crippen LogP contribution in [0.5, 0.6) is 0 Å². The quantitative estimate of drug-likeness (QED) is 0.831. The zero-order chi connectivity index (χ0) is 13.3. The summed E-state index contributed by atoms with van der Waals surface area (Å²) in [5, 5.41) is 0.176. The number of benzene rings is 1. The van der Waals surface area contributed by atoms with Crippen molar-refractivity contribution in [2.75, 3.05) is 6.54 Å². The van der Waals surface area contributed by atoms with Crippen molar-refractivity contribution in [3.8, 4) is 12.3 Å². The number of terminal acetylenes is 1. The standard InChI is InChI=1S/C12H9ClFN3O/c1-2-5-17-10(11(15)16-12(17)18)8-4-3-7(14)6-9(8)13/h1,3-4,6,10H,5H2,(H2,15,16,18). The molecule has 0 fully saturated rings. The Morgan fingerprint density at radius 2 is 2.33 bits per heavy atom. The van der Waals surface area contributed by atoms with Crippen LogP contribution in [0.25, 0.3) is 0 Å².